The molecule has 3 rings (SSSR count). The third-order valence-corrected chi connectivity index (χ3v) is 5.33. The van der Waals surface area contributed by atoms with Gasteiger partial charge in [-0.3, -0.25) is 14.4 Å². The van der Waals surface area contributed by atoms with Gasteiger partial charge in [-0.2, -0.15) is 5.10 Å². The van der Waals surface area contributed by atoms with Crippen LogP contribution in [0.25, 0.3) is 0 Å². The average molecular weight is 426 g/mol. The summed E-state index contributed by atoms with van der Waals surface area (Å²) >= 11 is 1.11. The number of ketones is 1. The number of amidine groups is 1. The van der Waals surface area contributed by atoms with Gasteiger partial charge in [0.15, 0.2) is 11.0 Å². The van der Waals surface area contributed by atoms with Gasteiger partial charge in [0.25, 0.3) is 0 Å². The molecule has 1 fully saturated rings. The molecule has 1 saturated heterocycles. The van der Waals surface area contributed by atoms with Crippen molar-refractivity contribution in [3.05, 3.63) is 65.5 Å². The number of halogens is 1. The van der Waals surface area contributed by atoms with Crippen LogP contribution in [0.15, 0.2) is 58.7 Å². The zero-order chi connectivity index (χ0) is 21.7. The van der Waals surface area contributed by atoms with Crippen LogP contribution in [0.2, 0.25) is 0 Å². The third-order valence-electron chi connectivity index (χ3n) is 4.25. The molecule has 7 nitrogen and oxygen atoms in total. The minimum atomic E-state index is -0.638. The first-order valence-corrected chi connectivity index (χ1v) is 9.96. The molecule has 1 heterocycles. The Labute approximate surface area is 176 Å². The summed E-state index contributed by atoms with van der Waals surface area (Å²) in [5, 5.41) is 13.0. The molecule has 2 amide bonds. The number of carbonyl (C=O) groups excluding carboxylic acids is 3. The SMILES string of the molecule is CC(=O)c1cccc(NC(=O)C[C@@H]2SC(=NN=C(C)c3ccc(F)cc3)NC2=O)c1. The summed E-state index contributed by atoms with van der Waals surface area (Å²) in [7, 11) is 0. The molecule has 0 aromatic heterocycles. The molecule has 0 aliphatic carbocycles. The Morgan fingerprint density at radius 2 is 1.87 bits per heavy atom. The molecular weight excluding hydrogens is 407 g/mol. The number of nitrogens with zero attached hydrogens (tertiary/aromatic N) is 2. The predicted octanol–water partition coefficient (Wildman–Crippen LogP) is 3.37. The van der Waals surface area contributed by atoms with Crippen LogP contribution in [0.3, 0.4) is 0 Å². The van der Waals surface area contributed by atoms with Gasteiger partial charge in [-0.1, -0.05) is 36.0 Å². The first-order chi connectivity index (χ1) is 14.3. The highest BCUT2D eigenvalue weighted by Crippen LogP contribution is 2.23. The maximum atomic E-state index is 13.0. The lowest BCUT2D eigenvalue weighted by atomic mass is 10.1. The predicted molar refractivity (Wildman–Crippen MR) is 115 cm³/mol. The van der Waals surface area contributed by atoms with Crippen LogP contribution >= 0.6 is 11.8 Å². The summed E-state index contributed by atoms with van der Waals surface area (Å²) in [4.78, 5) is 35.9. The monoisotopic (exact) mass is 426 g/mol. The molecule has 9 heteroatoms. The van der Waals surface area contributed by atoms with Gasteiger partial charge in [0.1, 0.15) is 11.1 Å². The van der Waals surface area contributed by atoms with E-state index in [1.807, 2.05) is 0 Å². The van der Waals surface area contributed by atoms with Gasteiger partial charge in [-0.15, -0.1) is 5.10 Å². The number of Topliss-reactive ketones (excluding diaryl/α,β-unsaturated/α-hetero) is 1. The lowest BCUT2D eigenvalue weighted by molar-refractivity contribution is -0.122. The highest BCUT2D eigenvalue weighted by atomic mass is 32.2. The average Bonchev–Trinajstić information content (AvgIpc) is 3.06. The van der Waals surface area contributed by atoms with Gasteiger partial charge in [-0.25, -0.2) is 4.39 Å². The van der Waals surface area contributed by atoms with Crippen molar-refractivity contribution in [1.82, 2.24) is 5.32 Å². The molecule has 154 valence electrons. The summed E-state index contributed by atoms with van der Waals surface area (Å²) in [6.45, 7) is 3.17. The minimum Gasteiger partial charge on any atom is -0.326 e. The molecule has 0 saturated carbocycles. The van der Waals surface area contributed by atoms with E-state index in [9.17, 15) is 18.8 Å². The second kappa shape index (κ2) is 9.45. The number of nitrogens with one attached hydrogen (secondary N) is 2. The standard InChI is InChI=1S/C21H19FN4O3S/c1-12(14-6-8-16(22)9-7-14)25-26-21-24-20(29)18(30-21)11-19(28)23-17-5-3-4-15(10-17)13(2)27/h3-10,18H,11H2,1-2H3,(H,23,28)(H,24,26,29)/t18-/m0/s1. The first-order valence-electron chi connectivity index (χ1n) is 9.08. The Morgan fingerprint density at radius 3 is 2.57 bits per heavy atom. The highest BCUT2D eigenvalue weighted by Gasteiger charge is 2.32. The van der Waals surface area contributed by atoms with Gasteiger partial charge >= 0.3 is 0 Å². The minimum absolute atomic E-state index is 0.0551. The lowest BCUT2D eigenvalue weighted by Crippen LogP contribution is -2.28. The van der Waals surface area contributed by atoms with Crippen LogP contribution < -0.4 is 10.6 Å². The van der Waals surface area contributed by atoms with E-state index in [0.29, 0.717) is 22.5 Å². The van der Waals surface area contributed by atoms with Crippen LogP contribution in [0.1, 0.15) is 36.2 Å². The van der Waals surface area contributed by atoms with Crippen molar-refractivity contribution < 1.29 is 18.8 Å². The maximum absolute atomic E-state index is 13.0. The van der Waals surface area contributed by atoms with E-state index >= 15 is 0 Å². The Kier molecular flexibility index (Phi) is 6.73. The fraction of sp³-hybridized carbons (Fsp3) is 0.190. The van der Waals surface area contributed by atoms with Crippen LogP contribution in [-0.4, -0.2) is 33.7 Å². The summed E-state index contributed by atoms with van der Waals surface area (Å²) in [6.07, 6.45) is -0.0551. The van der Waals surface area contributed by atoms with E-state index in [1.54, 1.807) is 43.3 Å². The molecule has 0 bridgehead atoms. The number of hydrogen-bond donors (Lipinski definition) is 2. The molecule has 2 aromatic rings. The molecule has 0 spiro atoms. The molecular formula is C21H19FN4O3S. The van der Waals surface area contributed by atoms with Crippen LogP contribution in [0, 0.1) is 5.82 Å². The summed E-state index contributed by atoms with van der Waals surface area (Å²) < 4.78 is 13.0. The summed E-state index contributed by atoms with van der Waals surface area (Å²) in [5.74, 6) is -1.13. The number of amides is 2. The molecule has 30 heavy (non-hydrogen) atoms. The molecule has 2 N–H and O–H groups in total. The van der Waals surface area contributed by atoms with Crippen LogP contribution in [-0.2, 0) is 9.59 Å². The van der Waals surface area contributed by atoms with E-state index in [1.165, 1.54) is 19.1 Å². The smallest absolute Gasteiger partial charge is 0.240 e. The number of thioether (sulfide) groups is 1. The fourth-order valence-electron chi connectivity index (χ4n) is 2.65. The Balaban J connectivity index is 1.60. The van der Waals surface area contributed by atoms with Crippen molar-refractivity contribution in [3.8, 4) is 0 Å². The Bertz CT molecular complexity index is 1050. The molecule has 2 aromatic carbocycles. The normalized spacial score (nSPS) is 17.7. The fourth-order valence-corrected chi connectivity index (χ4v) is 3.57. The third kappa shape index (κ3) is 5.60. The van der Waals surface area contributed by atoms with Crippen molar-refractivity contribution in [2.45, 2.75) is 25.5 Å². The van der Waals surface area contributed by atoms with Gasteiger partial charge < -0.3 is 10.6 Å². The lowest BCUT2D eigenvalue weighted by Gasteiger charge is -2.08. The van der Waals surface area contributed by atoms with Gasteiger partial charge in [0.2, 0.25) is 11.8 Å². The van der Waals surface area contributed by atoms with Crippen molar-refractivity contribution in [2.75, 3.05) is 5.32 Å². The zero-order valence-corrected chi connectivity index (χ0v) is 17.1. The number of hydrogen-bond acceptors (Lipinski definition) is 6. The van der Waals surface area contributed by atoms with E-state index < -0.39 is 5.25 Å². The number of benzene rings is 2. The quantitative estimate of drug-likeness (QED) is 0.420. The zero-order valence-electron chi connectivity index (χ0n) is 16.3. The maximum Gasteiger partial charge on any atom is 0.240 e. The van der Waals surface area contributed by atoms with Crippen molar-refractivity contribution in [3.63, 3.8) is 0 Å². The van der Waals surface area contributed by atoms with E-state index in [2.05, 4.69) is 20.8 Å². The van der Waals surface area contributed by atoms with Crippen LogP contribution in [0.4, 0.5) is 10.1 Å². The number of anilines is 1. The highest BCUT2D eigenvalue weighted by molar-refractivity contribution is 8.15. The van der Waals surface area contributed by atoms with E-state index in [-0.39, 0.29) is 35.0 Å². The second-order valence-electron chi connectivity index (χ2n) is 6.58. The molecule has 0 radical (unpaired) electrons. The largest absolute Gasteiger partial charge is 0.326 e. The van der Waals surface area contributed by atoms with E-state index in [0.717, 1.165) is 11.8 Å². The van der Waals surface area contributed by atoms with Crippen molar-refractivity contribution >= 4 is 45.9 Å². The van der Waals surface area contributed by atoms with Crippen LogP contribution in [0.5, 0.6) is 0 Å². The van der Waals surface area contributed by atoms with Gasteiger partial charge in [0.05, 0.1) is 5.71 Å². The Morgan fingerprint density at radius 1 is 1.13 bits per heavy atom. The van der Waals surface area contributed by atoms with Crippen molar-refractivity contribution in [2.24, 2.45) is 10.2 Å². The number of rotatable bonds is 6. The summed E-state index contributed by atoms with van der Waals surface area (Å²) in [5.41, 5.74) is 2.25. The molecule has 1 atom stereocenters. The van der Waals surface area contributed by atoms with Gasteiger partial charge in [0, 0.05) is 17.7 Å². The van der Waals surface area contributed by atoms with E-state index in [4.69, 9.17) is 0 Å². The van der Waals surface area contributed by atoms with Gasteiger partial charge in [-0.05, 0) is 43.7 Å². The molecule has 1 aliphatic rings. The topological polar surface area (TPSA) is 100.0 Å². The van der Waals surface area contributed by atoms with Crippen molar-refractivity contribution in [1.29, 1.82) is 0 Å². The second-order valence-corrected chi connectivity index (χ2v) is 7.77. The molecule has 1 aliphatic heterocycles. The summed E-state index contributed by atoms with van der Waals surface area (Å²) in [6, 6.07) is 12.4. The Hall–Kier alpha value is -3.33. The first kappa shape index (κ1) is 21.4. The number of carbonyl (C=O) groups is 3. The molecule has 0 unspecified atom stereocenters.